The van der Waals surface area contributed by atoms with E-state index < -0.39 is 23.7 Å². The summed E-state index contributed by atoms with van der Waals surface area (Å²) in [5.74, 6) is -0.504. The molecule has 2 saturated carbocycles. The molecule has 2 fully saturated rings. The van der Waals surface area contributed by atoms with Gasteiger partial charge in [0.05, 0.1) is 23.0 Å². The van der Waals surface area contributed by atoms with Crippen molar-refractivity contribution in [1.29, 1.82) is 0 Å². The van der Waals surface area contributed by atoms with Gasteiger partial charge in [0.1, 0.15) is 33.3 Å². The van der Waals surface area contributed by atoms with Gasteiger partial charge in [-0.3, -0.25) is 0 Å². The zero-order valence-electron chi connectivity index (χ0n) is 21.7. The summed E-state index contributed by atoms with van der Waals surface area (Å²) in [6.45, 7) is 1.57. The number of carbonyl (C=O) groups is 1. The third kappa shape index (κ3) is 5.21. The van der Waals surface area contributed by atoms with Crippen LogP contribution in [-0.4, -0.2) is 38.8 Å². The molecule has 1 unspecified atom stereocenters. The maximum absolute atomic E-state index is 14.5. The lowest BCUT2D eigenvalue weighted by atomic mass is 9.83. The maximum atomic E-state index is 14.5. The number of carboxylic acid groups (broad SMARTS) is 1. The predicted octanol–water partition coefficient (Wildman–Crippen LogP) is 6.71. The largest absolute Gasteiger partial charge is 0.478 e. The number of carboxylic acids is 1. The van der Waals surface area contributed by atoms with Crippen LogP contribution in [0.1, 0.15) is 78.1 Å². The number of aromatic carboxylic acids is 1. The highest BCUT2D eigenvalue weighted by atomic mass is 32.1. The van der Waals surface area contributed by atoms with Crippen LogP contribution in [0.5, 0.6) is 5.75 Å². The van der Waals surface area contributed by atoms with Crippen LogP contribution in [0.4, 0.5) is 8.78 Å². The number of hydrogen-bond donors (Lipinski definition) is 2. The number of alkyl halides is 1. The van der Waals surface area contributed by atoms with Crippen molar-refractivity contribution in [3.8, 4) is 17.0 Å². The molecule has 2 aliphatic carbocycles. The van der Waals surface area contributed by atoms with Gasteiger partial charge in [0, 0.05) is 24.0 Å². The molecule has 6 rings (SSSR count). The summed E-state index contributed by atoms with van der Waals surface area (Å²) < 4.78 is 46.0. The molecule has 0 radical (unpaired) electrons. The molecule has 210 valence electrons. The van der Waals surface area contributed by atoms with E-state index >= 15 is 0 Å². The van der Waals surface area contributed by atoms with Crippen LogP contribution in [0.3, 0.4) is 0 Å². The third-order valence-corrected chi connectivity index (χ3v) is 8.71. The number of aromatic nitrogens is 2. The fourth-order valence-electron chi connectivity index (χ4n) is 5.24. The van der Waals surface area contributed by atoms with Gasteiger partial charge in [-0.2, -0.15) is 0 Å². The lowest BCUT2D eigenvalue weighted by Gasteiger charge is -2.34. The van der Waals surface area contributed by atoms with E-state index in [1.165, 1.54) is 13.0 Å². The summed E-state index contributed by atoms with van der Waals surface area (Å²) in [5, 5.41) is 25.3. The number of thiazole rings is 1. The molecule has 40 heavy (non-hydrogen) atoms. The Morgan fingerprint density at radius 2 is 1.98 bits per heavy atom. The number of para-hydroxylation sites is 1. The second-order valence-electron chi connectivity index (χ2n) is 10.5. The van der Waals surface area contributed by atoms with Crippen LogP contribution < -0.4 is 4.74 Å². The van der Waals surface area contributed by atoms with E-state index in [-0.39, 0.29) is 29.7 Å². The highest BCUT2D eigenvalue weighted by Crippen LogP contribution is 2.46. The first-order chi connectivity index (χ1) is 19.2. The first-order valence-electron chi connectivity index (χ1n) is 13.3. The number of fused-ring (bicyclic) bond motifs is 1. The number of aliphatic hydroxyl groups is 1. The van der Waals surface area contributed by atoms with Crippen molar-refractivity contribution in [2.75, 3.05) is 0 Å². The second kappa shape index (κ2) is 10.5. The highest BCUT2D eigenvalue weighted by Gasteiger charge is 2.39. The molecule has 0 amide bonds. The number of rotatable bonds is 9. The van der Waals surface area contributed by atoms with Crippen molar-refractivity contribution in [2.45, 2.75) is 76.0 Å². The summed E-state index contributed by atoms with van der Waals surface area (Å²) in [6, 6.07) is 9.44. The lowest BCUT2D eigenvalue weighted by molar-refractivity contribution is -0.0641. The Kier molecular flexibility index (Phi) is 7.05. The Hall–Kier alpha value is -3.41. The third-order valence-electron chi connectivity index (χ3n) is 7.51. The Labute approximate surface area is 232 Å². The smallest absolute Gasteiger partial charge is 0.335 e. The van der Waals surface area contributed by atoms with Crippen molar-refractivity contribution in [1.82, 2.24) is 10.1 Å². The Morgan fingerprint density at radius 3 is 2.67 bits per heavy atom. The van der Waals surface area contributed by atoms with Crippen LogP contribution in [0.2, 0.25) is 0 Å². The zero-order chi connectivity index (χ0) is 28.0. The Morgan fingerprint density at radius 1 is 1.23 bits per heavy atom. The molecule has 2 heterocycles. The minimum absolute atomic E-state index is 0.0656. The van der Waals surface area contributed by atoms with E-state index in [4.69, 9.17) is 14.0 Å². The summed E-state index contributed by atoms with van der Waals surface area (Å²) >= 11 is 1.11. The maximum Gasteiger partial charge on any atom is 0.335 e. The molecule has 2 N–H and O–H groups in total. The van der Waals surface area contributed by atoms with Crippen molar-refractivity contribution in [2.24, 2.45) is 0 Å². The average molecular weight is 571 g/mol. The van der Waals surface area contributed by atoms with Crippen LogP contribution >= 0.6 is 11.3 Å². The molecule has 2 aliphatic rings. The number of benzene rings is 2. The molecule has 0 saturated heterocycles. The molecule has 8 nitrogen and oxygen atoms in total. The van der Waals surface area contributed by atoms with Crippen LogP contribution in [-0.2, 0) is 16.9 Å². The van der Waals surface area contributed by atoms with Gasteiger partial charge in [0.25, 0.3) is 0 Å². The fourth-order valence-corrected chi connectivity index (χ4v) is 6.41. The summed E-state index contributed by atoms with van der Waals surface area (Å²) in [6.07, 6.45) is 2.22. The van der Waals surface area contributed by atoms with Crippen molar-refractivity contribution in [3.63, 3.8) is 0 Å². The fraction of sp³-hybridized carbons (Fsp3) is 0.414. The first kappa shape index (κ1) is 26.8. The molecular weight excluding hydrogens is 542 g/mol. The van der Waals surface area contributed by atoms with Crippen LogP contribution in [0.15, 0.2) is 40.9 Å². The standard InChI is InChI=1S/C29H28F2N2O6S/c1-15(30)38-22-5-3-2-4-19(22)24-20(26(39-33-24)16-6-7-16)14-37-18-8-10-29(36,11-9-18)28-32-25-21(31)12-17(27(34)35)13-23(25)40-28/h2-5,12-13,15-16,18,36H,6-11,14H2,1H3,(H,34,35). The lowest BCUT2D eigenvalue weighted by Crippen LogP contribution is -2.34. The van der Waals surface area contributed by atoms with Gasteiger partial charge < -0.3 is 24.2 Å². The SMILES string of the molecule is CC(F)Oc1ccccc1-c1noc(C2CC2)c1COC1CCC(O)(c2nc3c(F)cc(C(=O)O)cc3s2)CC1. The van der Waals surface area contributed by atoms with E-state index in [9.17, 15) is 23.8 Å². The number of nitrogens with zero attached hydrogens (tertiary/aromatic N) is 2. The molecular formula is C29H28F2N2O6S. The summed E-state index contributed by atoms with van der Waals surface area (Å²) in [4.78, 5) is 15.6. The highest BCUT2D eigenvalue weighted by molar-refractivity contribution is 7.18. The number of hydrogen-bond acceptors (Lipinski definition) is 8. The van der Waals surface area contributed by atoms with E-state index in [0.717, 1.165) is 41.6 Å². The first-order valence-corrected chi connectivity index (χ1v) is 14.1. The minimum atomic E-state index is -1.48. The van der Waals surface area contributed by atoms with Gasteiger partial charge in [-0.15, -0.1) is 11.3 Å². The van der Waals surface area contributed by atoms with E-state index in [2.05, 4.69) is 10.1 Å². The van der Waals surface area contributed by atoms with E-state index in [1.807, 2.05) is 12.1 Å². The van der Waals surface area contributed by atoms with Crippen molar-refractivity contribution < 1.29 is 37.8 Å². The summed E-state index contributed by atoms with van der Waals surface area (Å²) in [5.41, 5.74) is 0.685. The average Bonchev–Trinajstić information content (AvgIpc) is 3.52. The molecule has 0 spiro atoms. The normalized spacial score (nSPS) is 21.9. The van der Waals surface area contributed by atoms with E-state index in [0.29, 0.717) is 52.4 Å². The van der Waals surface area contributed by atoms with Gasteiger partial charge in [-0.05, 0) is 62.8 Å². The quantitative estimate of drug-likeness (QED) is 0.228. The number of ether oxygens (including phenoxy) is 2. The molecule has 4 aromatic rings. The second-order valence-corrected chi connectivity index (χ2v) is 11.5. The van der Waals surface area contributed by atoms with Gasteiger partial charge in [-0.1, -0.05) is 17.3 Å². The molecule has 2 aromatic heterocycles. The van der Waals surface area contributed by atoms with Gasteiger partial charge in [0.2, 0.25) is 6.36 Å². The number of halogens is 2. The predicted molar refractivity (Wildman–Crippen MR) is 143 cm³/mol. The summed E-state index contributed by atoms with van der Waals surface area (Å²) in [7, 11) is 0. The van der Waals surface area contributed by atoms with Crippen LogP contribution in [0.25, 0.3) is 21.5 Å². The van der Waals surface area contributed by atoms with Crippen molar-refractivity contribution >= 4 is 27.5 Å². The molecule has 1 atom stereocenters. The molecule has 0 aliphatic heterocycles. The Bertz CT molecular complexity index is 1560. The molecule has 2 aromatic carbocycles. The van der Waals surface area contributed by atoms with Crippen LogP contribution in [0, 0.1) is 5.82 Å². The van der Waals surface area contributed by atoms with Crippen molar-refractivity contribution in [3.05, 3.63) is 64.1 Å². The zero-order valence-corrected chi connectivity index (χ0v) is 22.5. The monoisotopic (exact) mass is 570 g/mol. The molecule has 11 heteroatoms. The Balaban J connectivity index is 1.17. The minimum Gasteiger partial charge on any atom is -0.478 e. The van der Waals surface area contributed by atoms with E-state index in [1.54, 1.807) is 12.1 Å². The topological polar surface area (TPSA) is 115 Å². The van der Waals surface area contributed by atoms with Gasteiger partial charge in [0.15, 0.2) is 5.82 Å². The van der Waals surface area contributed by atoms with Gasteiger partial charge in [-0.25, -0.2) is 18.6 Å². The molecule has 0 bridgehead atoms. The van der Waals surface area contributed by atoms with Gasteiger partial charge >= 0.3 is 5.97 Å².